The number of aryl methyl sites for hydroxylation is 2. The monoisotopic (exact) mass is 344 g/mol. The van der Waals surface area contributed by atoms with Crippen LogP contribution in [0.1, 0.15) is 41.3 Å². The third-order valence-electron chi connectivity index (χ3n) is 4.93. The van der Waals surface area contributed by atoms with Crippen molar-refractivity contribution in [2.24, 2.45) is 0 Å². The molecule has 5 heteroatoms. The molecule has 0 spiro atoms. The first-order valence-corrected chi connectivity index (χ1v) is 8.47. The number of alkyl halides is 3. The van der Waals surface area contributed by atoms with Crippen LogP contribution in [0.3, 0.4) is 0 Å². The Balaban J connectivity index is 1.72. The molecule has 3 aromatic rings. The van der Waals surface area contributed by atoms with Gasteiger partial charge in [-0.15, -0.1) is 0 Å². The maximum absolute atomic E-state index is 13.0. The number of anilines is 1. The van der Waals surface area contributed by atoms with E-state index in [1.807, 2.05) is 31.2 Å². The van der Waals surface area contributed by atoms with E-state index >= 15 is 0 Å². The molecule has 4 rings (SSSR count). The van der Waals surface area contributed by atoms with Gasteiger partial charge in [0.25, 0.3) is 0 Å². The van der Waals surface area contributed by atoms with Gasteiger partial charge in [0.1, 0.15) is 0 Å². The summed E-state index contributed by atoms with van der Waals surface area (Å²) in [4.78, 5) is 3.35. The first-order chi connectivity index (χ1) is 11.9. The molecule has 1 unspecified atom stereocenters. The van der Waals surface area contributed by atoms with E-state index in [4.69, 9.17) is 0 Å². The normalized spacial score (nSPS) is 17.5. The molecule has 130 valence electrons. The van der Waals surface area contributed by atoms with Crippen molar-refractivity contribution in [1.82, 2.24) is 4.98 Å². The molecular formula is C20H19F3N2. The van der Waals surface area contributed by atoms with Crippen LogP contribution in [0.4, 0.5) is 18.9 Å². The van der Waals surface area contributed by atoms with Crippen molar-refractivity contribution >= 4 is 16.6 Å². The standard InChI is InChI=1S/C20H19F3N2/c1-12-5-8-14(9-6-12)24-18-4-2-3-15-16-11-13(20(21,22)23)7-10-17(16)25-19(15)18/h5-11,18,24-25H,2-4H2,1H3. The summed E-state index contributed by atoms with van der Waals surface area (Å²) in [6, 6.07) is 12.2. The second-order valence-corrected chi connectivity index (χ2v) is 6.73. The lowest BCUT2D eigenvalue weighted by molar-refractivity contribution is -0.137. The van der Waals surface area contributed by atoms with Crippen LogP contribution in [-0.4, -0.2) is 4.98 Å². The SMILES string of the molecule is Cc1ccc(NC2CCCc3c2[nH]c2ccc(C(F)(F)F)cc32)cc1. The van der Waals surface area contributed by atoms with Gasteiger partial charge in [0.05, 0.1) is 11.6 Å². The highest BCUT2D eigenvalue weighted by Gasteiger charge is 2.32. The van der Waals surface area contributed by atoms with Crippen molar-refractivity contribution in [2.45, 2.75) is 38.4 Å². The first kappa shape index (κ1) is 16.1. The summed E-state index contributed by atoms with van der Waals surface area (Å²) < 4.78 is 39.1. The molecule has 1 atom stereocenters. The number of hydrogen-bond donors (Lipinski definition) is 2. The zero-order valence-electron chi connectivity index (χ0n) is 13.9. The Labute approximate surface area is 144 Å². The van der Waals surface area contributed by atoms with Crippen molar-refractivity contribution in [3.8, 4) is 0 Å². The Morgan fingerprint density at radius 1 is 1.08 bits per heavy atom. The van der Waals surface area contributed by atoms with Crippen LogP contribution >= 0.6 is 0 Å². The minimum atomic E-state index is -4.31. The summed E-state index contributed by atoms with van der Waals surface area (Å²) in [6.45, 7) is 2.04. The molecule has 0 saturated carbocycles. The van der Waals surface area contributed by atoms with Gasteiger partial charge in [0.2, 0.25) is 0 Å². The lowest BCUT2D eigenvalue weighted by Gasteiger charge is -2.25. The average Bonchev–Trinajstić information content (AvgIpc) is 2.95. The zero-order chi connectivity index (χ0) is 17.6. The smallest absolute Gasteiger partial charge is 0.377 e. The molecule has 1 aliphatic carbocycles. The van der Waals surface area contributed by atoms with Crippen molar-refractivity contribution < 1.29 is 13.2 Å². The Morgan fingerprint density at radius 3 is 2.56 bits per heavy atom. The van der Waals surface area contributed by atoms with Crippen LogP contribution in [-0.2, 0) is 12.6 Å². The van der Waals surface area contributed by atoms with Gasteiger partial charge in [-0.3, -0.25) is 0 Å². The van der Waals surface area contributed by atoms with Gasteiger partial charge in [-0.25, -0.2) is 0 Å². The van der Waals surface area contributed by atoms with Gasteiger partial charge in [-0.05, 0) is 62.1 Å². The highest BCUT2D eigenvalue weighted by Crippen LogP contribution is 2.39. The summed E-state index contributed by atoms with van der Waals surface area (Å²) in [5.41, 5.74) is 4.43. The fourth-order valence-electron chi connectivity index (χ4n) is 3.63. The Hall–Kier alpha value is -2.43. The van der Waals surface area contributed by atoms with Crippen LogP contribution in [0.2, 0.25) is 0 Å². The second kappa shape index (κ2) is 5.83. The van der Waals surface area contributed by atoms with Gasteiger partial charge in [0, 0.05) is 22.3 Å². The van der Waals surface area contributed by atoms with Crippen molar-refractivity contribution in [3.63, 3.8) is 0 Å². The number of hydrogen-bond acceptors (Lipinski definition) is 1. The fraction of sp³-hybridized carbons (Fsp3) is 0.300. The molecule has 0 fully saturated rings. The highest BCUT2D eigenvalue weighted by molar-refractivity contribution is 5.86. The number of H-pyrrole nitrogens is 1. The Kier molecular flexibility index (Phi) is 3.74. The van der Waals surface area contributed by atoms with E-state index < -0.39 is 11.7 Å². The number of benzene rings is 2. The largest absolute Gasteiger partial charge is 0.416 e. The molecule has 2 nitrogen and oxygen atoms in total. The third kappa shape index (κ3) is 2.99. The van der Waals surface area contributed by atoms with E-state index in [1.165, 1.54) is 11.6 Å². The van der Waals surface area contributed by atoms with Crippen LogP contribution in [0.15, 0.2) is 42.5 Å². The summed E-state index contributed by atoms with van der Waals surface area (Å²) >= 11 is 0. The minimum absolute atomic E-state index is 0.0909. The number of aromatic amines is 1. The molecule has 2 aromatic carbocycles. The topological polar surface area (TPSA) is 27.8 Å². The molecule has 25 heavy (non-hydrogen) atoms. The number of fused-ring (bicyclic) bond motifs is 3. The lowest BCUT2D eigenvalue weighted by atomic mass is 9.91. The van der Waals surface area contributed by atoms with E-state index in [1.54, 1.807) is 6.07 Å². The first-order valence-electron chi connectivity index (χ1n) is 8.47. The van der Waals surface area contributed by atoms with E-state index in [0.717, 1.165) is 47.8 Å². The van der Waals surface area contributed by atoms with Crippen molar-refractivity contribution in [2.75, 3.05) is 5.32 Å². The number of rotatable bonds is 2. The maximum Gasteiger partial charge on any atom is 0.416 e. The average molecular weight is 344 g/mol. The lowest BCUT2D eigenvalue weighted by Crippen LogP contribution is -2.17. The minimum Gasteiger partial charge on any atom is -0.377 e. The van der Waals surface area contributed by atoms with E-state index in [2.05, 4.69) is 10.3 Å². The number of halogens is 3. The molecular weight excluding hydrogens is 325 g/mol. The summed E-state index contributed by atoms with van der Waals surface area (Å²) in [5, 5.41) is 4.21. The highest BCUT2D eigenvalue weighted by atomic mass is 19.4. The molecule has 1 aromatic heterocycles. The van der Waals surface area contributed by atoms with Gasteiger partial charge in [0.15, 0.2) is 0 Å². The van der Waals surface area contributed by atoms with E-state index in [9.17, 15) is 13.2 Å². The predicted molar refractivity (Wildman–Crippen MR) is 93.8 cm³/mol. The number of aromatic nitrogens is 1. The fourth-order valence-corrected chi connectivity index (χ4v) is 3.63. The third-order valence-corrected chi connectivity index (χ3v) is 4.93. The summed E-state index contributed by atoms with van der Waals surface area (Å²) in [7, 11) is 0. The van der Waals surface area contributed by atoms with Crippen molar-refractivity contribution in [3.05, 3.63) is 64.8 Å². The van der Waals surface area contributed by atoms with Crippen LogP contribution in [0.25, 0.3) is 10.9 Å². The zero-order valence-corrected chi connectivity index (χ0v) is 13.9. The quantitative estimate of drug-likeness (QED) is 0.587. The molecule has 1 aliphatic rings. The molecule has 0 aliphatic heterocycles. The molecule has 2 N–H and O–H groups in total. The summed E-state index contributed by atoms with van der Waals surface area (Å²) in [6.07, 6.45) is -1.59. The molecule has 0 bridgehead atoms. The summed E-state index contributed by atoms with van der Waals surface area (Å²) in [5.74, 6) is 0. The van der Waals surface area contributed by atoms with Crippen LogP contribution < -0.4 is 5.32 Å². The molecule has 0 radical (unpaired) electrons. The van der Waals surface area contributed by atoms with Crippen molar-refractivity contribution in [1.29, 1.82) is 0 Å². The predicted octanol–water partition coefficient (Wildman–Crippen LogP) is 5.98. The van der Waals surface area contributed by atoms with Gasteiger partial charge in [-0.2, -0.15) is 13.2 Å². The van der Waals surface area contributed by atoms with Crippen LogP contribution in [0.5, 0.6) is 0 Å². The molecule has 0 amide bonds. The maximum atomic E-state index is 13.0. The molecule has 1 heterocycles. The molecule has 0 saturated heterocycles. The Bertz CT molecular complexity index is 907. The van der Waals surface area contributed by atoms with Gasteiger partial charge >= 0.3 is 6.18 Å². The van der Waals surface area contributed by atoms with Crippen LogP contribution in [0, 0.1) is 6.92 Å². The van der Waals surface area contributed by atoms with Gasteiger partial charge < -0.3 is 10.3 Å². The number of nitrogens with one attached hydrogen (secondary N) is 2. The Morgan fingerprint density at radius 2 is 1.84 bits per heavy atom. The second-order valence-electron chi connectivity index (χ2n) is 6.73. The van der Waals surface area contributed by atoms with E-state index in [-0.39, 0.29) is 6.04 Å². The van der Waals surface area contributed by atoms with Gasteiger partial charge in [-0.1, -0.05) is 17.7 Å². The van der Waals surface area contributed by atoms with E-state index in [0.29, 0.717) is 5.39 Å².